The third-order valence-electron chi connectivity index (χ3n) is 3.13. The lowest BCUT2D eigenvalue weighted by atomic mass is 10.0. The summed E-state index contributed by atoms with van der Waals surface area (Å²) in [5.74, 6) is 0.282. The van der Waals surface area contributed by atoms with Crippen molar-refractivity contribution < 1.29 is 9.90 Å². The number of hydrogen-bond donors (Lipinski definition) is 2. The molecule has 0 atom stereocenters. The van der Waals surface area contributed by atoms with E-state index in [1.807, 2.05) is 0 Å². The van der Waals surface area contributed by atoms with Crippen LogP contribution >= 0.6 is 0 Å². The van der Waals surface area contributed by atoms with Crippen molar-refractivity contribution in [2.75, 3.05) is 6.54 Å². The molecule has 0 unspecified atom stereocenters. The van der Waals surface area contributed by atoms with Gasteiger partial charge in [-0.3, -0.25) is 0 Å². The van der Waals surface area contributed by atoms with E-state index in [-0.39, 0.29) is 5.69 Å². The molecule has 5 heteroatoms. The summed E-state index contributed by atoms with van der Waals surface area (Å²) in [6, 6.07) is 0. The summed E-state index contributed by atoms with van der Waals surface area (Å²) in [6.07, 6.45) is 2.52. The SMILES string of the molecule is CC(C)CCc1nc2c(c(C(=O)O)n1)CNCC2. The fraction of sp³-hybridized carbons (Fsp3) is 0.615. The highest BCUT2D eigenvalue weighted by Crippen LogP contribution is 2.17. The van der Waals surface area contributed by atoms with E-state index in [0.717, 1.165) is 37.1 Å². The van der Waals surface area contributed by atoms with Gasteiger partial charge in [0.15, 0.2) is 5.69 Å². The number of carboxylic acids is 1. The van der Waals surface area contributed by atoms with Gasteiger partial charge in [-0.25, -0.2) is 14.8 Å². The van der Waals surface area contributed by atoms with Crippen LogP contribution in [0.5, 0.6) is 0 Å². The van der Waals surface area contributed by atoms with Crippen LogP contribution in [0.15, 0.2) is 0 Å². The second kappa shape index (κ2) is 5.44. The van der Waals surface area contributed by atoms with Crippen molar-refractivity contribution in [1.29, 1.82) is 0 Å². The summed E-state index contributed by atoms with van der Waals surface area (Å²) in [4.78, 5) is 20.0. The molecule has 2 heterocycles. The predicted octanol–water partition coefficient (Wildman–Crippen LogP) is 1.41. The van der Waals surface area contributed by atoms with Gasteiger partial charge in [0.05, 0.1) is 5.69 Å². The van der Waals surface area contributed by atoms with Crippen LogP contribution in [0.25, 0.3) is 0 Å². The summed E-state index contributed by atoms with van der Waals surface area (Å²) >= 11 is 0. The highest BCUT2D eigenvalue weighted by atomic mass is 16.4. The topological polar surface area (TPSA) is 75.1 Å². The van der Waals surface area contributed by atoms with E-state index >= 15 is 0 Å². The fourth-order valence-electron chi connectivity index (χ4n) is 2.10. The van der Waals surface area contributed by atoms with Crippen molar-refractivity contribution in [3.63, 3.8) is 0 Å². The smallest absolute Gasteiger partial charge is 0.354 e. The minimum Gasteiger partial charge on any atom is -0.476 e. The molecule has 0 saturated heterocycles. The molecule has 0 spiro atoms. The van der Waals surface area contributed by atoms with Crippen molar-refractivity contribution in [2.24, 2.45) is 5.92 Å². The molecule has 1 aromatic rings. The van der Waals surface area contributed by atoms with Gasteiger partial charge in [-0.05, 0) is 12.3 Å². The lowest BCUT2D eigenvalue weighted by Crippen LogP contribution is -2.28. The Kier molecular flexibility index (Phi) is 3.91. The highest BCUT2D eigenvalue weighted by Gasteiger charge is 2.21. The molecule has 2 N–H and O–H groups in total. The Labute approximate surface area is 107 Å². The van der Waals surface area contributed by atoms with Gasteiger partial charge in [-0.2, -0.15) is 0 Å². The van der Waals surface area contributed by atoms with Crippen LogP contribution in [-0.4, -0.2) is 27.6 Å². The minimum absolute atomic E-state index is 0.172. The largest absolute Gasteiger partial charge is 0.476 e. The van der Waals surface area contributed by atoms with E-state index in [1.165, 1.54) is 0 Å². The highest BCUT2D eigenvalue weighted by molar-refractivity contribution is 5.87. The van der Waals surface area contributed by atoms with Gasteiger partial charge < -0.3 is 10.4 Å². The zero-order chi connectivity index (χ0) is 13.1. The van der Waals surface area contributed by atoms with Crippen molar-refractivity contribution in [3.05, 3.63) is 22.8 Å². The third-order valence-corrected chi connectivity index (χ3v) is 3.13. The first kappa shape index (κ1) is 13.0. The van der Waals surface area contributed by atoms with Gasteiger partial charge in [0.1, 0.15) is 5.82 Å². The first-order valence-electron chi connectivity index (χ1n) is 6.40. The Morgan fingerprint density at radius 2 is 2.22 bits per heavy atom. The van der Waals surface area contributed by atoms with E-state index in [4.69, 9.17) is 0 Å². The maximum atomic E-state index is 11.2. The van der Waals surface area contributed by atoms with Crippen molar-refractivity contribution in [2.45, 2.75) is 39.7 Å². The molecule has 1 aromatic heterocycles. The molecule has 1 aliphatic rings. The van der Waals surface area contributed by atoms with E-state index < -0.39 is 5.97 Å². The van der Waals surface area contributed by atoms with Gasteiger partial charge >= 0.3 is 5.97 Å². The molecular formula is C13H19N3O2. The second-order valence-corrected chi connectivity index (χ2v) is 5.08. The Bertz CT molecular complexity index is 458. The third kappa shape index (κ3) is 2.85. The summed E-state index contributed by atoms with van der Waals surface area (Å²) in [6.45, 7) is 5.69. The standard InChI is InChI=1S/C13H19N3O2/c1-8(2)3-4-11-15-10-5-6-14-7-9(10)12(16-11)13(17)18/h8,14H,3-7H2,1-2H3,(H,17,18). The number of rotatable bonds is 4. The van der Waals surface area contributed by atoms with E-state index in [9.17, 15) is 9.90 Å². The summed E-state index contributed by atoms with van der Waals surface area (Å²) in [7, 11) is 0. The van der Waals surface area contributed by atoms with Crippen LogP contribution in [0, 0.1) is 5.92 Å². The maximum Gasteiger partial charge on any atom is 0.354 e. The quantitative estimate of drug-likeness (QED) is 0.843. The summed E-state index contributed by atoms with van der Waals surface area (Å²) in [5.41, 5.74) is 1.83. The molecule has 98 valence electrons. The average molecular weight is 249 g/mol. The predicted molar refractivity (Wildman–Crippen MR) is 67.6 cm³/mol. The molecule has 5 nitrogen and oxygen atoms in total. The Morgan fingerprint density at radius 1 is 1.44 bits per heavy atom. The van der Waals surface area contributed by atoms with Crippen molar-refractivity contribution in [3.8, 4) is 0 Å². The number of hydrogen-bond acceptors (Lipinski definition) is 4. The molecule has 2 rings (SSSR count). The van der Waals surface area contributed by atoms with Crippen LogP contribution in [0.1, 0.15) is 47.8 Å². The van der Waals surface area contributed by atoms with Crippen LogP contribution in [0.2, 0.25) is 0 Å². The van der Waals surface area contributed by atoms with Crippen molar-refractivity contribution >= 4 is 5.97 Å². The molecule has 0 fully saturated rings. The molecule has 18 heavy (non-hydrogen) atoms. The van der Waals surface area contributed by atoms with Gasteiger partial charge in [-0.1, -0.05) is 13.8 Å². The van der Waals surface area contributed by atoms with Gasteiger partial charge in [0.25, 0.3) is 0 Å². The number of fused-ring (bicyclic) bond motifs is 1. The first-order chi connectivity index (χ1) is 8.58. The number of aromatic carboxylic acids is 1. The fourth-order valence-corrected chi connectivity index (χ4v) is 2.10. The Balaban J connectivity index is 2.32. The molecule has 0 aromatic carbocycles. The second-order valence-electron chi connectivity index (χ2n) is 5.08. The summed E-state index contributed by atoms with van der Waals surface area (Å²) in [5, 5.41) is 12.4. The normalized spacial score (nSPS) is 14.6. The van der Waals surface area contributed by atoms with E-state index in [2.05, 4.69) is 29.1 Å². The number of aromatic nitrogens is 2. The van der Waals surface area contributed by atoms with Crippen LogP contribution < -0.4 is 5.32 Å². The number of carboxylic acid groups (broad SMARTS) is 1. The lowest BCUT2D eigenvalue weighted by molar-refractivity contribution is 0.0688. The van der Waals surface area contributed by atoms with Gasteiger partial charge in [-0.15, -0.1) is 0 Å². The first-order valence-corrected chi connectivity index (χ1v) is 6.40. The van der Waals surface area contributed by atoms with Crippen molar-refractivity contribution in [1.82, 2.24) is 15.3 Å². The molecule has 0 radical (unpaired) electrons. The minimum atomic E-state index is -0.955. The molecule has 0 bridgehead atoms. The molecular weight excluding hydrogens is 230 g/mol. The maximum absolute atomic E-state index is 11.2. The number of nitrogens with zero attached hydrogens (tertiary/aromatic N) is 2. The average Bonchev–Trinajstić information content (AvgIpc) is 2.35. The lowest BCUT2D eigenvalue weighted by Gasteiger charge is -2.18. The number of aryl methyl sites for hydroxylation is 1. The van der Waals surface area contributed by atoms with Crippen LogP contribution in [0.3, 0.4) is 0 Å². The molecule has 0 saturated carbocycles. The monoisotopic (exact) mass is 249 g/mol. The van der Waals surface area contributed by atoms with Gasteiger partial charge in [0.2, 0.25) is 0 Å². The zero-order valence-electron chi connectivity index (χ0n) is 10.9. The molecule has 1 aliphatic heterocycles. The Hall–Kier alpha value is -1.49. The van der Waals surface area contributed by atoms with E-state index in [0.29, 0.717) is 18.3 Å². The number of nitrogens with one attached hydrogen (secondary N) is 1. The molecule has 0 amide bonds. The van der Waals surface area contributed by atoms with Crippen LogP contribution in [0.4, 0.5) is 0 Å². The number of carbonyl (C=O) groups is 1. The van der Waals surface area contributed by atoms with E-state index in [1.54, 1.807) is 0 Å². The zero-order valence-corrected chi connectivity index (χ0v) is 10.9. The van der Waals surface area contributed by atoms with Crippen LogP contribution in [-0.2, 0) is 19.4 Å². The summed E-state index contributed by atoms with van der Waals surface area (Å²) < 4.78 is 0. The Morgan fingerprint density at radius 3 is 2.89 bits per heavy atom. The van der Waals surface area contributed by atoms with Gasteiger partial charge in [0, 0.05) is 31.5 Å². The molecule has 0 aliphatic carbocycles.